The van der Waals surface area contributed by atoms with E-state index in [9.17, 15) is 13.2 Å². The smallest absolute Gasteiger partial charge is 0.253 e. The van der Waals surface area contributed by atoms with Crippen LogP contribution in [-0.4, -0.2) is 46.4 Å². The first kappa shape index (κ1) is 20.4. The molecule has 0 radical (unpaired) electrons. The van der Waals surface area contributed by atoms with E-state index < -0.39 is 10.0 Å². The molecule has 2 aromatic carbocycles. The van der Waals surface area contributed by atoms with Crippen molar-refractivity contribution in [2.45, 2.75) is 30.7 Å². The molecule has 0 unspecified atom stereocenters. The van der Waals surface area contributed by atoms with Gasteiger partial charge in [-0.1, -0.05) is 12.1 Å². The van der Waals surface area contributed by atoms with E-state index >= 15 is 0 Å². The number of hydrogen-bond acceptors (Lipinski definition) is 4. The van der Waals surface area contributed by atoms with Gasteiger partial charge < -0.3 is 9.80 Å². The monoisotopic (exact) mass is 401 g/mol. The van der Waals surface area contributed by atoms with Crippen molar-refractivity contribution in [1.82, 2.24) is 9.62 Å². The summed E-state index contributed by atoms with van der Waals surface area (Å²) in [5.41, 5.74) is 2.76. The van der Waals surface area contributed by atoms with E-state index in [1.165, 1.54) is 44.1 Å². The fourth-order valence-electron chi connectivity index (χ4n) is 3.42. The van der Waals surface area contributed by atoms with Crippen molar-refractivity contribution < 1.29 is 13.2 Å². The second-order valence-electron chi connectivity index (χ2n) is 7.11. The molecule has 6 nitrogen and oxygen atoms in total. The molecule has 1 saturated heterocycles. The summed E-state index contributed by atoms with van der Waals surface area (Å²) in [6.45, 7) is 2.71. The lowest BCUT2D eigenvalue weighted by Crippen LogP contribution is -2.29. The summed E-state index contributed by atoms with van der Waals surface area (Å²) in [6.07, 6.45) is 3.80. The Hall–Kier alpha value is -2.38. The van der Waals surface area contributed by atoms with E-state index in [1.54, 1.807) is 24.1 Å². The summed E-state index contributed by atoms with van der Waals surface area (Å²) in [5.74, 6) is -0.145. The summed E-state index contributed by atoms with van der Waals surface area (Å²) >= 11 is 0. The first-order valence-corrected chi connectivity index (χ1v) is 11.0. The number of benzene rings is 2. The van der Waals surface area contributed by atoms with Crippen LogP contribution in [0.4, 0.5) is 5.69 Å². The van der Waals surface area contributed by atoms with Crippen LogP contribution in [0.3, 0.4) is 0 Å². The highest BCUT2D eigenvalue weighted by Gasteiger charge is 2.16. The number of rotatable bonds is 6. The third kappa shape index (κ3) is 4.72. The number of hydrogen-bond donors (Lipinski definition) is 1. The Morgan fingerprint density at radius 1 is 1.00 bits per heavy atom. The maximum Gasteiger partial charge on any atom is 0.253 e. The van der Waals surface area contributed by atoms with E-state index in [-0.39, 0.29) is 10.8 Å². The van der Waals surface area contributed by atoms with E-state index in [1.807, 2.05) is 0 Å². The van der Waals surface area contributed by atoms with Crippen molar-refractivity contribution in [2.75, 3.05) is 32.1 Å². The molecule has 1 heterocycles. The average Bonchev–Trinajstić information content (AvgIpc) is 2.74. The quantitative estimate of drug-likeness (QED) is 0.808. The van der Waals surface area contributed by atoms with E-state index in [2.05, 4.69) is 33.9 Å². The Balaban J connectivity index is 1.63. The van der Waals surface area contributed by atoms with Gasteiger partial charge in [0.2, 0.25) is 10.0 Å². The van der Waals surface area contributed by atoms with Gasteiger partial charge in [0.1, 0.15) is 0 Å². The molecule has 0 aliphatic carbocycles. The molecular weight excluding hydrogens is 374 g/mol. The van der Waals surface area contributed by atoms with E-state index in [0.29, 0.717) is 12.1 Å². The van der Waals surface area contributed by atoms with Crippen LogP contribution in [0.1, 0.15) is 35.2 Å². The lowest BCUT2D eigenvalue weighted by atomic mass is 10.1. The largest absolute Gasteiger partial charge is 0.372 e. The third-order valence-electron chi connectivity index (χ3n) is 5.10. The zero-order valence-electron chi connectivity index (χ0n) is 16.4. The lowest BCUT2D eigenvalue weighted by Gasteiger charge is -2.29. The van der Waals surface area contributed by atoms with Crippen LogP contribution in [0.25, 0.3) is 0 Å². The van der Waals surface area contributed by atoms with E-state index in [0.717, 1.165) is 18.7 Å². The van der Waals surface area contributed by atoms with Gasteiger partial charge in [0.05, 0.1) is 4.90 Å². The van der Waals surface area contributed by atoms with Gasteiger partial charge in [-0.2, -0.15) is 0 Å². The summed E-state index contributed by atoms with van der Waals surface area (Å²) in [6, 6.07) is 14.4. The summed E-state index contributed by atoms with van der Waals surface area (Å²) in [7, 11) is -0.393. The Morgan fingerprint density at radius 2 is 1.61 bits per heavy atom. The molecule has 2 aromatic rings. The molecule has 1 amide bonds. The highest BCUT2D eigenvalue weighted by Crippen LogP contribution is 2.21. The maximum absolute atomic E-state index is 12.6. The van der Waals surface area contributed by atoms with Gasteiger partial charge in [0.25, 0.3) is 5.91 Å². The van der Waals surface area contributed by atoms with Gasteiger partial charge in [-0.15, -0.1) is 0 Å². The first-order valence-electron chi connectivity index (χ1n) is 9.54. The van der Waals surface area contributed by atoms with Crippen LogP contribution in [0.5, 0.6) is 0 Å². The summed E-state index contributed by atoms with van der Waals surface area (Å²) in [4.78, 5) is 16.8. The molecule has 1 N–H and O–H groups in total. The van der Waals surface area contributed by atoms with Crippen LogP contribution in [0.2, 0.25) is 0 Å². The molecule has 0 aromatic heterocycles. The second kappa shape index (κ2) is 8.75. The fourth-order valence-corrected chi connectivity index (χ4v) is 4.15. The van der Waals surface area contributed by atoms with Crippen molar-refractivity contribution in [2.24, 2.45) is 0 Å². The molecule has 1 fully saturated rings. The van der Waals surface area contributed by atoms with Crippen LogP contribution in [-0.2, 0) is 16.6 Å². The number of carbonyl (C=O) groups is 1. The van der Waals surface area contributed by atoms with Crippen molar-refractivity contribution in [3.05, 3.63) is 59.7 Å². The first-order chi connectivity index (χ1) is 13.4. The molecule has 0 bridgehead atoms. The van der Waals surface area contributed by atoms with Gasteiger partial charge in [-0.25, -0.2) is 13.1 Å². The minimum atomic E-state index is -3.50. The molecular formula is C21H27N3O3S. The van der Waals surface area contributed by atoms with Crippen LogP contribution in [0.15, 0.2) is 53.4 Å². The zero-order valence-corrected chi connectivity index (χ0v) is 17.2. The number of anilines is 1. The van der Waals surface area contributed by atoms with Gasteiger partial charge in [-0.3, -0.25) is 4.79 Å². The number of piperidine rings is 1. The fraction of sp³-hybridized carbons (Fsp3) is 0.381. The summed E-state index contributed by atoms with van der Waals surface area (Å²) < 4.78 is 25.8. The van der Waals surface area contributed by atoms with E-state index in [4.69, 9.17) is 0 Å². The Labute approximate surface area is 167 Å². The van der Waals surface area contributed by atoms with Crippen molar-refractivity contribution in [3.63, 3.8) is 0 Å². The highest BCUT2D eigenvalue weighted by molar-refractivity contribution is 7.89. The number of amides is 1. The average molecular weight is 402 g/mol. The molecule has 0 spiro atoms. The van der Waals surface area contributed by atoms with Crippen molar-refractivity contribution in [1.29, 1.82) is 0 Å². The molecule has 0 saturated carbocycles. The standard InChI is InChI=1S/C21H27N3O3S/c1-22-28(26,27)20-12-8-18(9-13-20)21(25)23(2)16-17-6-10-19(11-7-17)24-14-4-3-5-15-24/h6-13,22H,3-5,14-16H2,1-2H3. The molecule has 150 valence electrons. The van der Waals surface area contributed by atoms with Gasteiger partial charge in [-0.05, 0) is 68.3 Å². The minimum absolute atomic E-state index is 0.141. The zero-order chi connectivity index (χ0) is 20.1. The highest BCUT2D eigenvalue weighted by atomic mass is 32.2. The molecule has 3 rings (SSSR count). The predicted molar refractivity (Wildman–Crippen MR) is 111 cm³/mol. The molecule has 7 heteroatoms. The maximum atomic E-state index is 12.6. The number of carbonyl (C=O) groups excluding carboxylic acids is 1. The normalized spacial score (nSPS) is 14.7. The SMILES string of the molecule is CNS(=O)(=O)c1ccc(C(=O)N(C)Cc2ccc(N3CCCCC3)cc2)cc1. The molecule has 1 aliphatic heterocycles. The van der Waals surface area contributed by atoms with Crippen LogP contribution < -0.4 is 9.62 Å². The Bertz CT molecular complexity index is 903. The molecule has 28 heavy (non-hydrogen) atoms. The predicted octanol–water partition coefficient (Wildman–Crippen LogP) is 2.86. The van der Waals surface area contributed by atoms with Crippen LogP contribution in [0, 0.1) is 0 Å². The Morgan fingerprint density at radius 3 is 2.18 bits per heavy atom. The third-order valence-corrected chi connectivity index (χ3v) is 6.53. The number of nitrogens with zero attached hydrogens (tertiary/aromatic N) is 2. The topological polar surface area (TPSA) is 69.7 Å². The van der Waals surface area contributed by atoms with Crippen LogP contribution >= 0.6 is 0 Å². The lowest BCUT2D eigenvalue weighted by molar-refractivity contribution is 0.0785. The second-order valence-corrected chi connectivity index (χ2v) is 8.99. The summed E-state index contributed by atoms with van der Waals surface area (Å²) in [5, 5.41) is 0. The Kier molecular flexibility index (Phi) is 6.36. The van der Waals surface area contributed by atoms with Gasteiger partial charge >= 0.3 is 0 Å². The van der Waals surface area contributed by atoms with Crippen molar-refractivity contribution in [3.8, 4) is 0 Å². The number of sulfonamides is 1. The van der Waals surface area contributed by atoms with Crippen molar-refractivity contribution >= 4 is 21.6 Å². The molecule has 0 atom stereocenters. The van der Waals surface area contributed by atoms with Gasteiger partial charge in [0, 0.05) is 37.9 Å². The minimum Gasteiger partial charge on any atom is -0.372 e. The van der Waals surface area contributed by atoms with Gasteiger partial charge in [0.15, 0.2) is 0 Å². The number of nitrogens with one attached hydrogen (secondary N) is 1. The molecule has 1 aliphatic rings.